The number of amides is 2. The molecule has 1 saturated heterocycles. The van der Waals surface area contributed by atoms with Gasteiger partial charge in [0.1, 0.15) is 5.69 Å². The normalized spacial score (nSPS) is 14.0. The summed E-state index contributed by atoms with van der Waals surface area (Å²) >= 11 is 0. The van der Waals surface area contributed by atoms with Crippen LogP contribution in [0, 0.1) is 0 Å². The van der Waals surface area contributed by atoms with E-state index in [4.69, 9.17) is 0 Å². The Morgan fingerprint density at radius 3 is 2.48 bits per heavy atom. The standard InChI is InChI=1S/C21H25N3O3/c1-23-15-17(20(26)24-12-6-3-7-13-24)14-18(21(23)27)22-19(25)11-10-16-8-4-2-5-9-16/h2,4-5,8-9,14-15H,3,6-7,10-13H2,1H3,(H,22,25). The van der Waals surface area contributed by atoms with Crippen molar-refractivity contribution in [1.82, 2.24) is 9.47 Å². The van der Waals surface area contributed by atoms with E-state index in [1.165, 1.54) is 10.6 Å². The number of carbonyl (C=O) groups excluding carboxylic acids is 2. The fraction of sp³-hybridized carbons (Fsp3) is 0.381. The van der Waals surface area contributed by atoms with E-state index < -0.39 is 0 Å². The first-order valence-corrected chi connectivity index (χ1v) is 9.38. The van der Waals surface area contributed by atoms with Crippen LogP contribution in [0.5, 0.6) is 0 Å². The van der Waals surface area contributed by atoms with Gasteiger partial charge >= 0.3 is 0 Å². The van der Waals surface area contributed by atoms with Gasteiger partial charge in [-0.05, 0) is 37.3 Å². The third-order valence-corrected chi connectivity index (χ3v) is 4.83. The van der Waals surface area contributed by atoms with E-state index in [-0.39, 0.29) is 29.5 Å². The second-order valence-corrected chi connectivity index (χ2v) is 6.95. The Balaban J connectivity index is 1.70. The zero-order chi connectivity index (χ0) is 19.2. The average Bonchev–Trinajstić information content (AvgIpc) is 2.70. The number of carbonyl (C=O) groups is 2. The summed E-state index contributed by atoms with van der Waals surface area (Å²) in [5, 5.41) is 2.68. The minimum absolute atomic E-state index is 0.0925. The van der Waals surface area contributed by atoms with Crippen molar-refractivity contribution in [3.63, 3.8) is 0 Å². The monoisotopic (exact) mass is 367 g/mol. The number of nitrogens with zero attached hydrogens (tertiary/aromatic N) is 2. The average molecular weight is 367 g/mol. The van der Waals surface area contributed by atoms with Crippen LogP contribution in [-0.2, 0) is 18.3 Å². The van der Waals surface area contributed by atoms with Crippen molar-refractivity contribution in [2.24, 2.45) is 7.05 Å². The molecule has 6 nitrogen and oxygen atoms in total. The van der Waals surface area contributed by atoms with E-state index >= 15 is 0 Å². The van der Waals surface area contributed by atoms with Crippen molar-refractivity contribution in [2.75, 3.05) is 18.4 Å². The number of likely N-dealkylation sites (tertiary alicyclic amines) is 1. The molecular formula is C21H25N3O3. The van der Waals surface area contributed by atoms with Crippen LogP contribution in [-0.4, -0.2) is 34.4 Å². The number of piperidine rings is 1. The molecule has 1 aliphatic rings. The highest BCUT2D eigenvalue weighted by atomic mass is 16.2. The molecule has 0 bridgehead atoms. The molecule has 2 heterocycles. The number of rotatable bonds is 5. The van der Waals surface area contributed by atoms with Crippen molar-refractivity contribution in [2.45, 2.75) is 32.1 Å². The molecule has 0 unspecified atom stereocenters. The number of aromatic nitrogens is 1. The maximum Gasteiger partial charge on any atom is 0.274 e. The van der Waals surface area contributed by atoms with E-state index in [2.05, 4.69) is 5.32 Å². The van der Waals surface area contributed by atoms with Crippen molar-refractivity contribution in [1.29, 1.82) is 0 Å². The van der Waals surface area contributed by atoms with Crippen LogP contribution in [0.1, 0.15) is 41.6 Å². The summed E-state index contributed by atoms with van der Waals surface area (Å²) in [4.78, 5) is 39.2. The lowest BCUT2D eigenvalue weighted by Crippen LogP contribution is -2.36. The van der Waals surface area contributed by atoms with Crippen LogP contribution in [0.25, 0.3) is 0 Å². The molecule has 1 aliphatic heterocycles. The molecule has 3 rings (SSSR count). The summed E-state index contributed by atoms with van der Waals surface area (Å²) in [6.07, 6.45) is 5.55. The van der Waals surface area contributed by atoms with Gasteiger partial charge in [0.05, 0.1) is 5.56 Å². The van der Waals surface area contributed by atoms with Gasteiger partial charge in [-0.1, -0.05) is 30.3 Å². The zero-order valence-corrected chi connectivity index (χ0v) is 15.6. The number of pyridine rings is 1. The largest absolute Gasteiger partial charge is 0.339 e. The number of anilines is 1. The Morgan fingerprint density at radius 2 is 1.78 bits per heavy atom. The molecular weight excluding hydrogens is 342 g/mol. The summed E-state index contributed by atoms with van der Waals surface area (Å²) in [5.41, 5.74) is 1.32. The molecule has 0 saturated carbocycles. The molecule has 27 heavy (non-hydrogen) atoms. The Kier molecular flexibility index (Phi) is 6.06. The SMILES string of the molecule is Cn1cc(C(=O)N2CCCCC2)cc(NC(=O)CCc2ccccc2)c1=O. The molecule has 0 atom stereocenters. The van der Waals surface area contributed by atoms with E-state index in [0.29, 0.717) is 12.0 Å². The van der Waals surface area contributed by atoms with E-state index in [9.17, 15) is 14.4 Å². The first kappa shape index (κ1) is 18.9. The topological polar surface area (TPSA) is 71.4 Å². The van der Waals surface area contributed by atoms with E-state index in [0.717, 1.165) is 37.9 Å². The molecule has 1 aromatic heterocycles. The third kappa shape index (κ3) is 4.84. The van der Waals surface area contributed by atoms with E-state index in [1.807, 2.05) is 35.2 Å². The highest BCUT2D eigenvalue weighted by molar-refractivity contribution is 5.96. The number of aryl methyl sites for hydroxylation is 2. The van der Waals surface area contributed by atoms with Gasteiger partial charge in [0.2, 0.25) is 5.91 Å². The van der Waals surface area contributed by atoms with Crippen LogP contribution in [0.2, 0.25) is 0 Å². The fourth-order valence-corrected chi connectivity index (χ4v) is 3.31. The molecule has 2 amide bonds. The van der Waals surface area contributed by atoms with Gasteiger partial charge in [0.15, 0.2) is 0 Å². The number of hydrogen-bond acceptors (Lipinski definition) is 3. The molecule has 0 radical (unpaired) electrons. The minimum Gasteiger partial charge on any atom is -0.339 e. The maximum atomic E-state index is 12.7. The Labute approximate surface area is 158 Å². The lowest BCUT2D eigenvalue weighted by Gasteiger charge is -2.27. The van der Waals surface area contributed by atoms with Gasteiger partial charge in [0.25, 0.3) is 11.5 Å². The Bertz CT molecular complexity index is 868. The molecule has 1 aromatic carbocycles. The predicted octanol–water partition coefficient (Wildman–Crippen LogP) is 2.58. The Hall–Kier alpha value is -2.89. The first-order chi connectivity index (χ1) is 13.0. The lowest BCUT2D eigenvalue weighted by molar-refractivity contribution is -0.116. The summed E-state index contributed by atoms with van der Waals surface area (Å²) in [6.45, 7) is 1.47. The van der Waals surface area contributed by atoms with Gasteiger partial charge in [0, 0.05) is 32.8 Å². The number of hydrogen-bond donors (Lipinski definition) is 1. The number of nitrogens with one attached hydrogen (secondary N) is 1. The second kappa shape index (κ2) is 8.66. The van der Waals surface area contributed by atoms with Crippen molar-refractivity contribution >= 4 is 17.5 Å². The van der Waals surface area contributed by atoms with Crippen molar-refractivity contribution in [3.8, 4) is 0 Å². The van der Waals surface area contributed by atoms with Crippen molar-refractivity contribution in [3.05, 3.63) is 64.1 Å². The minimum atomic E-state index is -0.321. The van der Waals surface area contributed by atoms with Crippen LogP contribution in [0.15, 0.2) is 47.4 Å². The number of benzene rings is 1. The molecule has 1 N–H and O–H groups in total. The van der Waals surface area contributed by atoms with Gasteiger partial charge in [-0.15, -0.1) is 0 Å². The van der Waals surface area contributed by atoms with Gasteiger partial charge in [-0.25, -0.2) is 0 Å². The molecule has 2 aromatic rings. The molecule has 142 valence electrons. The third-order valence-electron chi connectivity index (χ3n) is 4.83. The van der Waals surface area contributed by atoms with Crippen LogP contribution >= 0.6 is 0 Å². The van der Waals surface area contributed by atoms with Crippen LogP contribution < -0.4 is 10.9 Å². The van der Waals surface area contributed by atoms with Crippen molar-refractivity contribution < 1.29 is 9.59 Å². The summed E-state index contributed by atoms with van der Waals surface area (Å²) in [6, 6.07) is 11.2. The lowest BCUT2D eigenvalue weighted by atomic mass is 10.1. The fourth-order valence-electron chi connectivity index (χ4n) is 3.31. The molecule has 6 heteroatoms. The van der Waals surface area contributed by atoms with E-state index in [1.54, 1.807) is 13.2 Å². The zero-order valence-electron chi connectivity index (χ0n) is 15.6. The summed E-state index contributed by atoms with van der Waals surface area (Å²) in [7, 11) is 1.59. The maximum absolute atomic E-state index is 12.7. The van der Waals surface area contributed by atoms with Crippen LogP contribution in [0.4, 0.5) is 5.69 Å². The smallest absolute Gasteiger partial charge is 0.274 e. The molecule has 0 spiro atoms. The quantitative estimate of drug-likeness (QED) is 0.883. The highest BCUT2D eigenvalue weighted by Gasteiger charge is 2.20. The van der Waals surface area contributed by atoms with Gasteiger partial charge < -0.3 is 14.8 Å². The predicted molar refractivity (Wildman–Crippen MR) is 105 cm³/mol. The van der Waals surface area contributed by atoms with Gasteiger partial charge in [-0.3, -0.25) is 14.4 Å². The highest BCUT2D eigenvalue weighted by Crippen LogP contribution is 2.14. The second-order valence-electron chi connectivity index (χ2n) is 6.95. The Morgan fingerprint density at radius 1 is 1.07 bits per heavy atom. The first-order valence-electron chi connectivity index (χ1n) is 9.38. The van der Waals surface area contributed by atoms with Gasteiger partial charge in [-0.2, -0.15) is 0 Å². The summed E-state index contributed by atoms with van der Waals surface area (Å²) < 4.78 is 1.35. The molecule has 1 fully saturated rings. The molecule has 0 aliphatic carbocycles. The van der Waals surface area contributed by atoms with Crippen LogP contribution in [0.3, 0.4) is 0 Å². The summed E-state index contributed by atoms with van der Waals surface area (Å²) in [5.74, 6) is -0.330.